The van der Waals surface area contributed by atoms with Crippen molar-refractivity contribution in [2.75, 3.05) is 19.6 Å². The van der Waals surface area contributed by atoms with Crippen molar-refractivity contribution in [1.82, 2.24) is 14.9 Å². The Morgan fingerprint density at radius 3 is 2.76 bits per heavy atom. The number of imidazole rings is 1. The highest BCUT2D eigenvalue weighted by Gasteiger charge is 2.24. The number of aliphatic hydroxyl groups is 1. The molecule has 1 unspecified atom stereocenters. The summed E-state index contributed by atoms with van der Waals surface area (Å²) < 4.78 is 13.7. The first-order chi connectivity index (χ1) is 10.2. The number of β-amino-alcohol motifs (C(OH)–C–C–N with tert-alkyl or cyclic N) is 1. The van der Waals surface area contributed by atoms with Gasteiger partial charge in [0.25, 0.3) is 0 Å². The van der Waals surface area contributed by atoms with Gasteiger partial charge in [-0.25, -0.2) is 9.37 Å². The van der Waals surface area contributed by atoms with Crippen LogP contribution in [-0.2, 0) is 0 Å². The number of benzene rings is 1. The van der Waals surface area contributed by atoms with Crippen molar-refractivity contribution in [1.29, 1.82) is 0 Å². The zero-order valence-corrected chi connectivity index (χ0v) is 11.9. The molecule has 2 heterocycles. The third-order valence-corrected chi connectivity index (χ3v) is 4.19. The van der Waals surface area contributed by atoms with Crippen LogP contribution in [0.1, 0.15) is 36.3 Å². The van der Waals surface area contributed by atoms with Crippen molar-refractivity contribution < 1.29 is 9.50 Å². The van der Waals surface area contributed by atoms with Gasteiger partial charge in [0.2, 0.25) is 0 Å². The predicted molar refractivity (Wildman–Crippen MR) is 78.4 cm³/mol. The van der Waals surface area contributed by atoms with Crippen LogP contribution in [0.2, 0.25) is 0 Å². The van der Waals surface area contributed by atoms with E-state index in [1.165, 1.54) is 6.07 Å². The molecule has 2 aromatic rings. The Balaban J connectivity index is 1.55. The molecular weight excluding hydrogens is 269 g/mol. The van der Waals surface area contributed by atoms with Gasteiger partial charge < -0.3 is 15.0 Å². The van der Waals surface area contributed by atoms with Crippen LogP contribution in [0.3, 0.4) is 0 Å². The van der Waals surface area contributed by atoms with Gasteiger partial charge >= 0.3 is 0 Å². The second kappa shape index (κ2) is 6.37. The maximum atomic E-state index is 13.7. The minimum absolute atomic E-state index is 0.338. The topological polar surface area (TPSA) is 52.1 Å². The molecular formula is C16H20FN3O. The van der Waals surface area contributed by atoms with E-state index < -0.39 is 6.10 Å². The van der Waals surface area contributed by atoms with E-state index in [-0.39, 0.29) is 5.82 Å². The van der Waals surface area contributed by atoms with Gasteiger partial charge in [-0.3, -0.25) is 0 Å². The molecule has 1 aliphatic heterocycles. The number of aliphatic hydroxyl groups excluding tert-OH is 1. The number of nitrogens with zero attached hydrogens (tertiary/aromatic N) is 2. The van der Waals surface area contributed by atoms with E-state index in [2.05, 4.69) is 14.9 Å². The van der Waals surface area contributed by atoms with Gasteiger partial charge in [-0.05, 0) is 32.0 Å². The molecule has 21 heavy (non-hydrogen) atoms. The third-order valence-electron chi connectivity index (χ3n) is 4.19. The number of nitrogens with one attached hydrogen (secondary N) is 1. The van der Waals surface area contributed by atoms with E-state index >= 15 is 0 Å². The third kappa shape index (κ3) is 3.31. The van der Waals surface area contributed by atoms with Crippen LogP contribution >= 0.6 is 0 Å². The van der Waals surface area contributed by atoms with Gasteiger partial charge in [-0.15, -0.1) is 0 Å². The molecule has 5 heteroatoms. The Kier molecular flexibility index (Phi) is 4.31. The van der Waals surface area contributed by atoms with Crippen LogP contribution in [0.4, 0.5) is 4.39 Å². The predicted octanol–water partition coefficient (Wildman–Crippen LogP) is 2.46. The fourth-order valence-corrected chi connectivity index (χ4v) is 2.98. The second-order valence-corrected chi connectivity index (χ2v) is 5.59. The average molecular weight is 289 g/mol. The maximum absolute atomic E-state index is 13.7. The molecule has 0 radical (unpaired) electrons. The molecule has 4 nitrogen and oxygen atoms in total. The van der Waals surface area contributed by atoms with E-state index in [0.29, 0.717) is 18.0 Å². The Labute approximate surface area is 123 Å². The van der Waals surface area contributed by atoms with Crippen molar-refractivity contribution >= 4 is 0 Å². The summed E-state index contributed by atoms with van der Waals surface area (Å²) in [7, 11) is 0. The first kappa shape index (κ1) is 14.2. The van der Waals surface area contributed by atoms with Crippen molar-refractivity contribution in [2.24, 2.45) is 0 Å². The highest BCUT2D eigenvalue weighted by atomic mass is 19.1. The Bertz CT molecular complexity index is 565. The molecule has 112 valence electrons. The molecule has 1 atom stereocenters. The Morgan fingerprint density at radius 2 is 2.10 bits per heavy atom. The quantitative estimate of drug-likeness (QED) is 0.909. The summed E-state index contributed by atoms with van der Waals surface area (Å²) in [6, 6.07) is 6.43. The normalized spacial score (nSPS) is 18.8. The van der Waals surface area contributed by atoms with Gasteiger partial charge in [-0.2, -0.15) is 0 Å². The molecule has 0 saturated carbocycles. The zero-order valence-electron chi connectivity index (χ0n) is 11.9. The second-order valence-electron chi connectivity index (χ2n) is 5.59. The zero-order chi connectivity index (χ0) is 14.7. The highest BCUT2D eigenvalue weighted by Crippen LogP contribution is 2.27. The molecule has 1 aromatic carbocycles. The molecule has 0 spiro atoms. The van der Waals surface area contributed by atoms with E-state index in [0.717, 1.165) is 31.8 Å². The van der Waals surface area contributed by atoms with Crippen LogP contribution in [0, 0.1) is 5.82 Å². The van der Waals surface area contributed by atoms with Gasteiger partial charge in [0.1, 0.15) is 11.6 Å². The lowest BCUT2D eigenvalue weighted by molar-refractivity contribution is 0.0942. The minimum Gasteiger partial charge on any atom is -0.387 e. The molecule has 3 rings (SSSR count). The van der Waals surface area contributed by atoms with E-state index in [9.17, 15) is 9.50 Å². The molecule has 0 bridgehead atoms. The minimum atomic E-state index is -0.772. The number of halogens is 1. The summed E-state index contributed by atoms with van der Waals surface area (Å²) in [5, 5.41) is 10.2. The summed E-state index contributed by atoms with van der Waals surface area (Å²) >= 11 is 0. The average Bonchev–Trinajstić information content (AvgIpc) is 3.02. The molecule has 0 aliphatic carbocycles. The number of hydrogen-bond donors (Lipinski definition) is 2. The number of piperidine rings is 1. The number of likely N-dealkylation sites (tertiary alicyclic amines) is 1. The van der Waals surface area contributed by atoms with E-state index in [1.807, 2.05) is 6.20 Å². The lowest BCUT2D eigenvalue weighted by atomic mass is 9.95. The maximum Gasteiger partial charge on any atom is 0.129 e. The fraction of sp³-hybridized carbons (Fsp3) is 0.438. The van der Waals surface area contributed by atoms with Gasteiger partial charge in [0.15, 0.2) is 0 Å². The van der Waals surface area contributed by atoms with Crippen molar-refractivity contribution in [2.45, 2.75) is 24.9 Å². The van der Waals surface area contributed by atoms with Crippen molar-refractivity contribution in [3.05, 3.63) is 53.9 Å². The molecule has 1 fully saturated rings. The van der Waals surface area contributed by atoms with Gasteiger partial charge in [-0.1, -0.05) is 18.2 Å². The van der Waals surface area contributed by atoms with E-state index in [1.54, 1.807) is 24.4 Å². The van der Waals surface area contributed by atoms with Crippen LogP contribution in [0.25, 0.3) is 0 Å². The number of aromatic nitrogens is 2. The number of rotatable bonds is 4. The highest BCUT2D eigenvalue weighted by molar-refractivity contribution is 5.20. The largest absolute Gasteiger partial charge is 0.387 e. The van der Waals surface area contributed by atoms with Gasteiger partial charge in [0, 0.05) is 30.4 Å². The molecule has 2 N–H and O–H groups in total. The SMILES string of the molecule is OC(CN1CCC(c2ncc[nH]2)CC1)c1ccccc1F. The first-order valence-corrected chi connectivity index (χ1v) is 7.38. The lowest BCUT2D eigenvalue weighted by Crippen LogP contribution is -2.36. The molecule has 1 saturated heterocycles. The van der Waals surface area contributed by atoms with Crippen LogP contribution < -0.4 is 0 Å². The number of hydrogen-bond acceptors (Lipinski definition) is 3. The van der Waals surface area contributed by atoms with Crippen LogP contribution in [0.15, 0.2) is 36.7 Å². The summed E-state index contributed by atoms with van der Waals surface area (Å²) in [5.74, 6) is 1.17. The lowest BCUT2D eigenvalue weighted by Gasteiger charge is -2.32. The van der Waals surface area contributed by atoms with E-state index in [4.69, 9.17) is 0 Å². The van der Waals surface area contributed by atoms with Crippen LogP contribution in [-0.4, -0.2) is 39.6 Å². The van der Waals surface area contributed by atoms with Crippen molar-refractivity contribution in [3.8, 4) is 0 Å². The Hall–Kier alpha value is -1.72. The summed E-state index contributed by atoms with van der Waals surface area (Å²) in [4.78, 5) is 9.67. The number of H-pyrrole nitrogens is 1. The molecule has 1 aromatic heterocycles. The molecule has 1 aliphatic rings. The summed E-state index contributed by atoms with van der Waals surface area (Å²) in [6.45, 7) is 2.28. The first-order valence-electron chi connectivity index (χ1n) is 7.38. The van der Waals surface area contributed by atoms with Crippen LogP contribution in [0.5, 0.6) is 0 Å². The smallest absolute Gasteiger partial charge is 0.129 e. The van der Waals surface area contributed by atoms with Gasteiger partial charge in [0.05, 0.1) is 6.10 Å². The van der Waals surface area contributed by atoms with Crippen molar-refractivity contribution in [3.63, 3.8) is 0 Å². The fourth-order valence-electron chi connectivity index (χ4n) is 2.98. The molecule has 0 amide bonds. The number of aromatic amines is 1. The monoisotopic (exact) mass is 289 g/mol. The standard InChI is InChI=1S/C16H20FN3O/c17-14-4-2-1-3-13(14)15(21)11-20-9-5-12(6-10-20)16-18-7-8-19-16/h1-4,7-8,12,15,21H,5-6,9-11H2,(H,18,19). The Morgan fingerprint density at radius 1 is 1.33 bits per heavy atom. The summed E-state index contributed by atoms with van der Waals surface area (Å²) in [6.07, 6.45) is 4.88. The summed E-state index contributed by atoms with van der Waals surface area (Å²) in [5.41, 5.74) is 0.380.